The highest BCUT2D eigenvalue weighted by molar-refractivity contribution is 5.94. The zero-order valence-corrected chi connectivity index (χ0v) is 13.3. The van der Waals surface area contributed by atoms with Crippen LogP contribution in [0.4, 0.5) is 5.95 Å². The van der Waals surface area contributed by atoms with Gasteiger partial charge >= 0.3 is 5.97 Å². The van der Waals surface area contributed by atoms with Crippen molar-refractivity contribution in [3.63, 3.8) is 0 Å². The van der Waals surface area contributed by atoms with Crippen LogP contribution in [0, 0.1) is 0 Å². The summed E-state index contributed by atoms with van der Waals surface area (Å²) in [6.45, 7) is 3.97. The fourth-order valence-electron chi connectivity index (χ4n) is 2.81. The Morgan fingerprint density at radius 1 is 1.12 bits per heavy atom. The van der Waals surface area contributed by atoms with Gasteiger partial charge in [0.15, 0.2) is 0 Å². The quantitative estimate of drug-likeness (QED) is 0.845. The van der Waals surface area contributed by atoms with E-state index in [0.29, 0.717) is 18.2 Å². The van der Waals surface area contributed by atoms with E-state index in [9.17, 15) is 9.90 Å². The smallest absolute Gasteiger partial charge is 0.339 e. The molecule has 3 rings (SSSR count). The average molecular weight is 328 g/mol. The number of rotatable bonds is 5. The third kappa shape index (κ3) is 3.52. The molecule has 24 heavy (non-hydrogen) atoms. The van der Waals surface area contributed by atoms with Crippen molar-refractivity contribution in [1.82, 2.24) is 14.9 Å². The first-order chi connectivity index (χ1) is 11.7. The van der Waals surface area contributed by atoms with E-state index in [1.54, 1.807) is 0 Å². The second kappa shape index (κ2) is 7.37. The van der Waals surface area contributed by atoms with Gasteiger partial charge in [0.1, 0.15) is 5.56 Å². The molecule has 7 heteroatoms. The van der Waals surface area contributed by atoms with E-state index < -0.39 is 5.97 Å². The first-order valence-corrected chi connectivity index (χ1v) is 7.93. The molecule has 0 bridgehead atoms. The Hall–Kier alpha value is -2.51. The lowest BCUT2D eigenvalue weighted by atomic mass is 10.1. The fraction of sp³-hybridized carbons (Fsp3) is 0.353. The molecule has 2 N–H and O–H groups in total. The van der Waals surface area contributed by atoms with Gasteiger partial charge in [-0.05, 0) is 0 Å². The van der Waals surface area contributed by atoms with Crippen molar-refractivity contribution in [3.8, 4) is 11.3 Å². The van der Waals surface area contributed by atoms with Crippen molar-refractivity contribution in [1.29, 1.82) is 0 Å². The lowest BCUT2D eigenvalue weighted by Crippen LogP contribution is -2.47. The van der Waals surface area contributed by atoms with E-state index in [1.165, 1.54) is 6.20 Å². The van der Waals surface area contributed by atoms with Crippen molar-refractivity contribution in [2.75, 3.05) is 44.2 Å². The van der Waals surface area contributed by atoms with Gasteiger partial charge in [0, 0.05) is 44.5 Å². The van der Waals surface area contributed by atoms with E-state index >= 15 is 0 Å². The van der Waals surface area contributed by atoms with E-state index in [4.69, 9.17) is 5.11 Å². The van der Waals surface area contributed by atoms with Gasteiger partial charge in [-0.3, -0.25) is 4.90 Å². The number of aromatic carboxylic acids is 1. The van der Waals surface area contributed by atoms with Crippen LogP contribution in [-0.2, 0) is 0 Å². The number of carbonyl (C=O) groups is 1. The Kier molecular flexibility index (Phi) is 5.02. The normalized spacial score (nSPS) is 15.5. The second-order valence-corrected chi connectivity index (χ2v) is 5.66. The zero-order valence-electron chi connectivity index (χ0n) is 13.3. The molecule has 1 aromatic carbocycles. The van der Waals surface area contributed by atoms with Crippen LogP contribution in [0.25, 0.3) is 11.3 Å². The van der Waals surface area contributed by atoms with Gasteiger partial charge in [-0.2, -0.15) is 0 Å². The number of carboxylic acid groups (broad SMARTS) is 1. The zero-order chi connectivity index (χ0) is 16.9. The van der Waals surface area contributed by atoms with Gasteiger partial charge in [0.2, 0.25) is 5.95 Å². The van der Waals surface area contributed by atoms with E-state index in [2.05, 4.69) is 14.9 Å². The third-order valence-corrected chi connectivity index (χ3v) is 4.13. The van der Waals surface area contributed by atoms with Crippen LogP contribution < -0.4 is 4.90 Å². The summed E-state index contributed by atoms with van der Waals surface area (Å²) < 4.78 is 0. The summed E-state index contributed by atoms with van der Waals surface area (Å²) in [5, 5.41) is 18.4. The topological polar surface area (TPSA) is 89.8 Å². The lowest BCUT2D eigenvalue weighted by molar-refractivity contribution is 0.0697. The van der Waals surface area contributed by atoms with Crippen molar-refractivity contribution in [3.05, 3.63) is 42.1 Å². The summed E-state index contributed by atoms with van der Waals surface area (Å²) in [7, 11) is 0. The standard InChI is InChI=1S/C17H20N4O3/c22-11-10-20-6-8-21(9-7-20)17-18-12-14(16(23)24)15(19-17)13-4-2-1-3-5-13/h1-5,12,22H,6-11H2,(H,23,24). The number of β-amino-alcohol motifs (C(OH)–C–C–N with tert-alkyl or cyclic N) is 1. The summed E-state index contributed by atoms with van der Waals surface area (Å²) in [6.07, 6.45) is 1.38. The molecule has 0 aliphatic carbocycles. The molecule has 7 nitrogen and oxygen atoms in total. The van der Waals surface area contributed by atoms with Crippen LogP contribution in [0.3, 0.4) is 0 Å². The predicted octanol–water partition coefficient (Wildman–Crippen LogP) is 0.956. The molecule has 2 heterocycles. The maximum Gasteiger partial charge on any atom is 0.339 e. The Bertz CT molecular complexity index is 700. The summed E-state index contributed by atoms with van der Waals surface area (Å²) in [5.74, 6) is -0.490. The fourth-order valence-corrected chi connectivity index (χ4v) is 2.81. The second-order valence-electron chi connectivity index (χ2n) is 5.66. The van der Waals surface area contributed by atoms with Gasteiger partial charge in [0.25, 0.3) is 0 Å². The highest BCUT2D eigenvalue weighted by Crippen LogP contribution is 2.23. The van der Waals surface area contributed by atoms with Crippen LogP contribution >= 0.6 is 0 Å². The highest BCUT2D eigenvalue weighted by atomic mass is 16.4. The van der Waals surface area contributed by atoms with E-state index in [0.717, 1.165) is 31.7 Å². The largest absolute Gasteiger partial charge is 0.478 e. The molecule has 0 radical (unpaired) electrons. The molecule has 0 spiro atoms. The first kappa shape index (κ1) is 16.4. The van der Waals surface area contributed by atoms with Crippen molar-refractivity contribution >= 4 is 11.9 Å². The number of anilines is 1. The molecule has 1 aromatic heterocycles. The maximum absolute atomic E-state index is 11.5. The van der Waals surface area contributed by atoms with Crippen LogP contribution in [0.15, 0.2) is 36.5 Å². The van der Waals surface area contributed by atoms with Crippen LogP contribution in [-0.4, -0.2) is 70.4 Å². The van der Waals surface area contributed by atoms with Crippen molar-refractivity contribution in [2.45, 2.75) is 0 Å². The van der Waals surface area contributed by atoms with Gasteiger partial charge < -0.3 is 15.1 Å². The predicted molar refractivity (Wildman–Crippen MR) is 90.2 cm³/mol. The first-order valence-electron chi connectivity index (χ1n) is 7.93. The number of piperazine rings is 1. The maximum atomic E-state index is 11.5. The number of hydrogen-bond donors (Lipinski definition) is 2. The number of aromatic nitrogens is 2. The minimum absolute atomic E-state index is 0.101. The molecule has 0 atom stereocenters. The summed E-state index contributed by atoms with van der Waals surface area (Å²) in [5.41, 5.74) is 1.30. The van der Waals surface area contributed by atoms with Crippen molar-refractivity contribution < 1.29 is 15.0 Å². The van der Waals surface area contributed by atoms with Gasteiger partial charge in [-0.1, -0.05) is 30.3 Å². The number of hydrogen-bond acceptors (Lipinski definition) is 6. The van der Waals surface area contributed by atoms with Crippen molar-refractivity contribution in [2.24, 2.45) is 0 Å². The molecule has 126 valence electrons. The minimum atomic E-state index is -1.03. The average Bonchev–Trinajstić information content (AvgIpc) is 2.63. The van der Waals surface area contributed by atoms with Gasteiger partial charge in [0.05, 0.1) is 12.3 Å². The number of carboxylic acids is 1. The van der Waals surface area contributed by atoms with Gasteiger partial charge in [-0.15, -0.1) is 0 Å². The monoisotopic (exact) mass is 328 g/mol. The molecule has 0 unspecified atom stereocenters. The minimum Gasteiger partial charge on any atom is -0.478 e. The summed E-state index contributed by atoms with van der Waals surface area (Å²) >= 11 is 0. The van der Waals surface area contributed by atoms with Crippen LogP contribution in [0.2, 0.25) is 0 Å². The van der Waals surface area contributed by atoms with E-state index in [1.807, 2.05) is 35.2 Å². The van der Waals surface area contributed by atoms with Crippen LogP contribution in [0.5, 0.6) is 0 Å². The Labute approximate surface area is 140 Å². The lowest BCUT2D eigenvalue weighted by Gasteiger charge is -2.34. The molecule has 1 aliphatic heterocycles. The number of aliphatic hydroxyl groups excluding tert-OH is 1. The summed E-state index contributed by atoms with van der Waals surface area (Å²) in [6, 6.07) is 9.29. The number of aliphatic hydroxyl groups is 1. The van der Waals surface area contributed by atoms with Crippen LogP contribution in [0.1, 0.15) is 10.4 Å². The third-order valence-electron chi connectivity index (χ3n) is 4.13. The highest BCUT2D eigenvalue weighted by Gasteiger charge is 2.21. The Morgan fingerprint density at radius 3 is 2.46 bits per heavy atom. The molecular weight excluding hydrogens is 308 g/mol. The molecule has 1 fully saturated rings. The molecule has 2 aromatic rings. The molecule has 0 amide bonds. The molecule has 1 aliphatic rings. The summed E-state index contributed by atoms with van der Waals surface area (Å²) in [4.78, 5) is 24.5. The molecule has 1 saturated heterocycles. The number of nitrogens with zero attached hydrogens (tertiary/aromatic N) is 4. The molecular formula is C17H20N4O3. The Balaban J connectivity index is 1.87. The Morgan fingerprint density at radius 2 is 1.83 bits per heavy atom. The molecule has 0 saturated carbocycles. The number of benzene rings is 1. The SMILES string of the molecule is O=C(O)c1cnc(N2CCN(CCO)CC2)nc1-c1ccccc1. The van der Waals surface area contributed by atoms with Gasteiger partial charge in [-0.25, -0.2) is 14.8 Å². The van der Waals surface area contributed by atoms with E-state index in [-0.39, 0.29) is 12.2 Å².